The second-order valence-corrected chi connectivity index (χ2v) is 8.05. The number of imidazole rings is 1. The third-order valence-corrected chi connectivity index (χ3v) is 6.08. The number of rotatable bonds is 6. The summed E-state index contributed by atoms with van der Waals surface area (Å²) in [5.74, 6) is 0.745. The number of para-hydroxylation sites is 2. The molecule has 0 saturated carbocycles. The van der Waals surface area contributed by atoms with Crippen molar-refractivity contribution < 1.29 is 14.6 Å². The van der Waals surface area contributed by atoms with E-state index >= 15 is 0 Å². The number of carbonyl (C=O) groups is 1. The molecule has 1 aromatic heterocycles. The van der Waals surface area contributed by atoms with Crippen molar-refractivity contribution in [3.8, 4) is 11.1 Å². The van der Waals surface area contributed by atoms with Gasteiger partial charge in [-0.3, -0.25) is 0 Å². The highest BCUT2D eigenvalue weighted by Gasteiger charge is 2.29. The van der Waals surface area contributed by atoms with E-state index in [1.807, 2.05) is 53.1 Å². The lowest BCUT2D eigenvalue weighted by molar-refractivity contribution is 0.105. The van der Waals surface area contributed by atoms with Gasteiger partial charge >= 0.3 is 6.09 Å². The van der Waals surface area contributed by atoms with Crippen molar-refractivity contribution in [2.45, 2.75) is 19.0 Å². The molecule has 6 nitrogen and oxygen atoms in total. The summed E-state index contributed by atoms with van der Waals surface area (Å²) >= 11 is 0. The van der Waals surface area contributed by atoms with Crippen LogP contribution in [0.5, 0.6) is 0 Å². The molecular formula is C26H25N3O3. The average molecular weight is 428 g/mol. The van der Waals surface area contributed by atoms with Crippen molar-refractivity contribution in [1.82, 2.24) is 14.5 Å². The number of benzene rings is 3. The molecule has 1 amide bonds. The monoisotopic (exact) mass is 427 g/mol. The van der Waals surface area contributed by atoms with Crippen LogP contribution in [0, 0.1) is 0 Å². The molecule has 1 heterocycles. The molecule has 1 N–H and O–H groups in total. The van der Waals surface area contributed by atoms with Crippen LogP contribution in [-0.2, 0) is 17.8 Å². The molecule has 5 rings (SSSR count). The van der Waals surface area contributed by atoms with Gasteiger partial charge in [-0.25, -0.2) is 9.78 Å². The average Bonchev–Trinajstić information content (AvgIpc) is 3.33. The number of nitrogens with zero attached hydrogens (tertiary/aromatic N) is 3. The van der Waals surface area contributed by atoms with Crippen LogP contribution in [-0.4, -0.2) is 45.9 Å². The fourth-order valence-electron chi connectivity index (χ4n) is 4.58. The standard InChI is InChI=1S/C26H25N3O3/c1-28(16-25-27-23-12-6-7-13-24(23)29(25)14-15-30)26(31)32-17-22-20-10-4-2-8-18(20)19-9-3-5-11-21(19)22/h2-13,22,30H,14-17H2,1H3. The highest BCUT2D eigenvalue weighted by molar-refractivity contribution is 5.79. The summed E-state index contributed by atoms with van der Waals surface area (Å²) in [5, 5.41) is 9.48. The Morgan fingerprint density at radius 2 is 1.62 bits per heavy atom. The first kappa shape index (κ1) is 20.3. The van der Waals surface area contributed by atoms with Crippen molar-refractivity contribution in [3.05, 3.63) is 89.7 Å². The van der Waals surface area contributed by atoms with Crippen molar-refractivity contribution in [3.63, 3.8) is 0 Å². The van der Waals surface area contributed by atoms with Gasteiger partial charge in [-0.2, -0.15) is 0 Å². The lowest BCUT2D eigenvalue weighted by Crippen LogP contribution is -2.29. The zero-order valence-electron chi connectivity index (χ0n) is 17.9. The van der Waals surface area contributed by atoms with Gasteiger partial charge in [0.25, 0.3) is 0 Å². The summed E-state index contributed by atoms with van der Waals surface area (Å²) in [5.41, 5.74) is 6.57. The third kappa shape index (κ3) is 3.52. The number of hydrogen-bond acceptors (Lipinski definition) is 4. The molecule has 162 valence electrons. The number of ether oxygens (including phenoxy) is 1. The fourth-order valence-corrected chi connectivity index (χ4v) is 4.58. The lowest BCUT2D eigenvalue weighted by atomic mass is 9.98. The molecular weight excluding hydrogens is 402 g/mol. The zero-order valence-corrected chi connectivity index (χ0v) is 17.9. The van der Waals surface area contributed by atoms with Crippen molar-refractivity contribution in [1.29, 1.82) is 0 Å². The summed E-state index contributed by atoms with van der Waals surface area (Å²) in [7, 11) is 1.71. The minimum absolute atomic E-state index is 0.00200. The molecule has 0 radical (unpaired) electrons. The largest absolute Gasteiger partial charge is 0.448 e. The maximum absolute atomic E-state index is 12.8. The predicted octanol–water partition coefficient (Wildman–Crippen LogP) is 4.41. The maximum Gasteiger partial charge on any atom is 0.409 e. The van der Waals surface area contributed by atoms with E-state index in [1.54, 1.807) is 7.05 Å². The Bertz CT molecular complexity index is 1230. The van der Waals surface area contributed by atoms with E-state index in [0.717, 1.165) is 16.9 Å². The predicted molar refractivity (Wildman–Crippen MR) is 123 cm³/mol. The molecule has 3 aromatic carbocycles. The first-order valence-corrected chi connectivity index (χ1v) is 10.8. The SMILES string of the molecule is CN(Cc1nc2ccccc2n1CCO)C(=O)OCC1c2ccccc2-c2ccccc21. The van der Waals surface area contributed by atoms with Crippen LogP contribution in [0.4, 0.5) is 4.79 Å². The molecule has 4 aromatic rings. The number of fused-ring (bicyclic) bond motifs is 4. The Hall–Kier alpha value is -3.64. The summed E-state index contributed by atoms with van der Waals surface area (Å²) in [6.45, 7) is 1.01. The van der Waals surface area contributed by atoms with Crippen LogP contribution in [0.1, 0.15) is 22.9 Å². The van der Waals surface area contributed by atoms with Crippen LogP contribution >= 0.6 is 0 Å². The van der Waals surface area contributed by atoms with Crippen molar-refractivity contribution in [2.24, 2.45) is 0 Å². The van der Waals surface area contributed by atoms with E-state index in [-0.39, 0.29) is 19.1 Å². The summed E-state index contributed by atoms with van der Waals surface area (Å²) in [6, 6.07) is 24.3. The van der Waals surface area contributed by atoms with Gasteiger partial charge in [0, 0.05) is 19.5 Å². The molecule has 0 fully saturated rings. The molecule has 6 heteroatoms. The number of aliphatic hydroxyl groups is 1. The number of aromatic nitrogens is 2. The number of hydrogen-bond donors (Lipinski definition) is 1. The molecule has 0 saturated heterocycles. The van der Waals surface area contributed by atoms with Gasteiger partial charge in [-0.15, -0.1) is 0 Å². The van der Waals surface area contributed by atoms with E-state index < -0.39 is 6.09 Å². The van der Waals surface area contributed by atoms with Crippen LogP contribution in [0.2, 0.25) is 0 Å². The Morgan fingerprint density at radius 1 is 1.00 bits per heavy atom. The van der Waals surface area contributed by atoms with Gasteiger partial charge in [0.1, 0.15) is 12.4 Å². The van der Waals surface area contributed by atoms with E-state index in [0.29, 0.717) is 13.1 Å². The van der Waals surface area contributed by atoms with Gasteiger partial charge in [-0.05, 0) is 34.4 Å². The summed E-state index contributed by atoms with van der Waals surface area (Å²) < 4.78 is 7.70. The highest BCUT2D eigenvalue weighted by atomic mass is 16.6. The Labute approximate surface area is 186 Å². The number of carbonyl (C=O) groups excluding carboxylic acids is 1. The lowest BCUT2D eigenvalue weighted by Gasteiger charge is -2.20. The second-order valence-electron chi connectivity index (χ2n) is 8.05. The normalized spacial score (nSPS) is 12.6. The minimum Gasteiger partial charge on any atom is -0.448 e. The van der Waals surface area contributed by atoms with E-state index in [2.05, 4.69) is 29.2 Å². The van der Waals surface area contributed by atoms with Crippen LogP contribution in [0.15, 0.2) is 72.8 Å². The summed E-state index contributed by atoms with van der Waals surface area (Å²) in [6.07, 6.45) is -0.394. The molecule has 0 unspecified atom stereocenters. The van der Waals surface area contributed by atoms with E-state index in [9.17, 15) is 9.90 Å². The quantitative estimate of drug-likeness (QED) is 0.495. The molecule has 1 aliphatic rings. The second kappa shape index (κ2) is 8.48. The van der Waals surface area contributed by atoms with Gasteiger partial charge in [-0.1, -0.05) is 60.7 Å². The highest BCUT2D eigenvalue weighted by Crippen LogP contribution is 2.44. The van der Waals surface area contributed by atoms with Gasteiger partial charge in [0.05, 0.1) is 24.2 Å². The molecule has 0 atom stereocenters. The first-order chi connectivity index (χ1) is 15.7. The topological polar surface area (TPSA) is 67.6 Å². The van der Waals surface area contributed by atoms with Gasteiger partial charge in [0.15, 0.2) is 0 Å². The molecule has 1 aliphatic carbocycles. The van der Waals surface area contributed by atoms with E-state index in [4.69, 9.17) is 4.74 Å². The Balaban J connectivity index is 1.31. The molecule has 0 bridgehead atoms. The third-order valence-electron chi connectivity index (χ3n) is 6.08. The van der Waals surface area contributed by atoms with Gasteiger partial charge < -0.3 is 19.3 Å². The molecule has 32 heavy (non-hydrogen) atoms. The maximum atomic E-state index is 12.8. The van der Waals surface area contributed by atoms with Crippen LogP contribution < -0.4 is 0 Å². The molecule has 0 spiro atoms. The number of aliphatic hydroxyl groups excluding tert-OH is 1. The van der Waals surface area contributed by atoms with Crippen LogP contribution in [0.3, 0.4) is 0 Å². The molecule has 0 aliphatic heterocycles. The van der Waals surface area contributed by atoms with Crippen molar-refractivity contribution in [2.75, 3.05) is 20.3 Å². The minimum atomic E-state index is -0.394. The first-order valence-electron chi connectivity index (χ1n) is 10.8. The van der Waals surface area contributed by atoms with Gasteiger partial charge in [0.2, 0.25) is 0 Å². The zero-order chi connectivity index (χ0) is 22.1. The number of amides is 1. The summed E-state index contributed by atoms with van der Waals surface area (Å²) in [4.78, 5) is 19.0. The Kier molecular flexibility index (Phi) is 5.37. The van der Waals surface area contributed by atoms with Crippen molar-refractivity contribution >= 4 is 17.1 Å². The fraction of sp³-hybridized carbons (Fsp3) is 0.231. The Morgan fingerprint density at radius 3 is 2.31 bits per heavy atom. The smallest absolute Gasteiger partial charge is 0.409 e. The van der Waals surface area contributed by atoms with E-state index in [1.165, 1.54) is 27.2 Å². The van der Waals surface area contributed by atoms with Crippen LogP contribution in [0.25, 0.3) is 22.2 Å².